The molecule has 0 saturated heterocycles. The fourth-order valence-corrected chi connectivity index (χ4v) is 4.48. The quantitative estimate of drug-likeness (QED) is 0.516. The summed E-state index contributed by atoms with van der Waals surface area (Å²) >= 11 is 0. The fraction of sp³-hybridized carbons (Fsp3) is 0.214. The second kappa shape index (κ2) is 10.0. The van der Waals surface area contributed by atoms with Gasteiger partial charge in [-0.25, -0.2) is 4.79 Å². The Morgan fingerprint density at radius 2 is 1.66 bits per heavy atom. The number of amides is 1. The maximum absolute atomic E-state index is 13.2. The summed E-state index contributed by atoms with van der Waals surface area (Å²) in [5.74, 6) is -0.471. The minimum atomic E-state index is -0.926. The lowest BCUT2D eigenvalue weighted by Crippen LogP contribution is -2.38. The number of fused-ring (bicyclic) bond motifs is 1. The summed E-state index contributed by atoms with van der Waals surface area (Å²) in [7, 11) is 0. The van der Waals surface area contributed by atoms with Crippen LogP contribution in [0.1, 0.15) is 43.0 Å². The highest BCUT2D eigenvalue weighted by Gasteiger charge is 2.25. The summed E-state index contributed by atoms with van der Waals surface area (Å²) < 4.78 is 10.8. The minimum Gasteiger partial charge on any atom is -0.478 e. The Kier molecular flexibility index (Phi) is 6.50. The van der Waals surface area contributed by atoms with Gasteiger partial charge in [0.25, 0.3) is 5.91 Å². The molecule has 1 unspecified atom stereocenters. The number of hydrogen-bond donors (Lipinski definition) is 2. The number of nitrogens with zero attached hydrogens (tertiary/aromatic N) is 1. The van der Waals surface area contributed by atoms with Crippen molar-refractivity contribution in [3.63, 3.8) is 0 Å². The van der Waals surface area contributed by atoms with Crippen molar-refractivity contribution in [1.82, 2.24) is 10.2 Å². The topological polar surface area (TPSA) is 88.1 Å². The third-order valence-corrected chi connectivity index (χ3v) is 6.29. The van der Waals surface area contributed by atoms with E-state index in [2.05, 4.69) is 10.2 Å². The number of rotatable bonds is 8. The number of carboxylic acids is 1. The van der Waals surface area contributed by atoms with Gasteiger partial charge in [0.15, 0.2) is 5.76 Å². The molecular formula is C28H26N2O5. The molecule has 1 atom stereocenters. The molecule has 0 saturated carbocycles. The highest BCUT2D eigenvalue weighted by atomic mass is 16.7. The van der Waals surface area contributed by atoms with Gasteiger partial charge in [-0.3, -0.25) is 9.69 Å². The minimum absolute atomic E-state index is 0.157. The van der Waals surface area contributed by atoms with Gasteiger partial charge >= 0.3 is 5.97 Å². The summed E-state index contributed by atoms with van der Waals surface area (Å²) in [5.41, 5.74) is 5.35. The maximum Gasteiger partial charge on any atom is 0.335 e. The van der Waals surface area contributed by atoms with E-state index >= 15 is 0 Å². The number of carbonyl (C=O) groups is 2. The Bertz CT molecular complexity index is 1250. The predicted octanol–water partition coefficient (Wildman–Crippen LogP) is 4.09. The zero-order chi connectivity index (χ0) is 24.2. The number of carboxylic acid groups (broad SMARTS) is 1. The van der Waals surface area contributed by atoms with E-state index in [1.54, 1.807) is 18.4 Å². The van der Waals surface area contributed by atoms with Crippen LogP contribution < -0.4 is 5.32 Å². The third-order valence-electron chi connectivity index (χ3n) is 6.29. The molecular weight excluding hydrogens is 444 g/mol. The first-order valence-corrected chi connectivity index (χ1v) is 11.5. The summed E-state index contributed by atoms with van der Waals surface area (Å²) in [6, 6.07) is 22.4. The Morgan fingerprint density at radius 1 is 0.914 bits per heavy atom. The van der Waals surface area contributed by atoms with E-state index in [-0.39, 0.29) is 24.3 Å². The second-order valence-corrected chi connectivity index (χ2v) is 8.80. The van der Waals surface area contributed by atoms with Crippen LogP contribution >= 0.6 is 0 Å². The summed E-state index contributed by atoms with van der Waals surface area (Å²) in [6.07, 6.45) is 2.17. The molecule has 2 aliphatic rings. The Hall–Kier alpha value is -4.10. The molecule has 2 N–H and O–H groups in total. The molecule has 0 aromatic heterocycles. The van der Waals surface area contributed by atoms with Crippen LogP contribution in [0.2, 0.25) is 0 Å². The zero-order valence-corrected chi connectivity index (χ0v) is 19.1. The van der Waals surface area contributed by atoms with Crippen LogP contribution in [0.25, 0.3) is 0 Å². The lowest BCUT2D eigenvalue weighted by molar-refractivity contribution is 0.0696. The second-order valence-electron chi connectivity index (χ2n) is 8.80. The average molecular weight is 471 g/mol. The van der Waals surface area contributed by atoms with Crippen molar-refractivity contribution in [2.24, 2.45) is 0 Å². The Labute approximate surface area is 203 Å². The zero-order valence-electron chi connectivity index (χ0n) is 19.1. The summed E-state index contributed by atoms with van der Waals surface area (Å²) in [5, 5.41) is 12.2. The van der Waals surface area contributed by atoms with Crippen molar-refractivity contribution in [2.45, 2.75) is 32.1 Å². The van der Waals surface area contributed by atoms with Gasteiger partial charge in [-0.1, -0.05) is 48.5 Å². The van der Waals surface area contributed by atoms with Crippen LogP contribution in [0.4, 0.5) is 0 Å². The fourth-order valence-electron chi connectivity index (χ4n) is 4.48. The van der Waals surface area contributed by atoms with E-state index in [1.165, 1.54) is 5.56 Å². The molecule has 0 spiro atoms. The maximum atomic E-state index is 13.2. The Morgan fingerprint density at radius 3 is 2.37 bits per heavy atom. The molecule has 2 aliphatic heterocycles. The molecule has 7 nitrogen and oxygen atoms in total. The van der Waals surface area contributed by atoms with Gasteiger partial charge in [-0.05, 0) is 46.5 Å². The number of ether oxygens (including phenoxy) is 2. The first kappa shape index (κ1) is 22.7. The van der Waals surface area contributed by atoms with Crippen LogP contribution in [0.15, 0.2) is 84.8 Å². The molecule has 35 heavy (non-hydrogen) atoms. The molecule has 0 fully saturated rings. The van der Waals surface area contributed by atoms with Gasteiger partial charge in [0.05, 0.1) is 11.6 Å². The molecule has 178 valence electrons. The van der Waals surface area contributed by atoms with Gasteiger partial charge < -0.3 is 19.9 Å². The van der Waals surface area contributed by atoms with E-state index in [4.69, 9.17) is 14.6 Å². The van der Waals surface area contributed by atoms with Gasteiger partial charge in [0.1, 0.15) is 6.26 Å². The van der Waals surface area contributed by atoms with Crippen molar-refractivity contribution in [3.05, 3.63) is 118 Å². The normalized spacial score (nSPS) is 15.5. The number of nitrogens with one attached hydrogen (secondary N) is 1. The first-order chi connectivity index (χ1) is 17.0. The van der Waals surface area contributed by atoms with Crippen LogP contribution in [-0.2, 0) is 35.5 Å². The lowest BCUT2D eigenvalue weighted by atomic mass is 10.0. The molecule has 3 aromatic carbocycles. The van der Waals surface area contributed by atoms with Crippen molar-refractivity contribution >= 4 is 11.9 Å². The van der Waals surface area contributed by atoms with Crippen LogP contribution in [0.5, 0.6) is 0 Å². The molecule has 0 radical (unpaired) electrons. The van der Waals surface area contributed by atoms with Crippen molar-refractivity contribution < 1.29 is 24.2 Å². The highest BCUT2D eigenvalue weighted by molar-refractivity contribution is 5.95. The molecule has 0 bridgehead atoms. The molecule has 3 aromatic rings. The van der Waals surface area contributed by atoms with E-state index in [0.29, 0.717) is 24.3 Å². The number of carbonyl (C=O) groups excluding carboxylic acids is 1. The van der Waals surface area contributed by atoms with Gasteiger partial charge in [0.2, 0.25) is 6.79 Å². The summed E-state index contributed by atoms with van der Waals surface area (Å²) in [6.45, 7) is 2.38. The van der Waals surface area contributed by atoms with Gasteiger partial charge in [-0.2, -0.15) is 0 Å². The molecule has 1 amide bonds. The monoisotopic (exact) mass is 470 g/mol. The molecule has 2 heterocycles. The third kappa shape index (κ3) is 5.36. The van der Waals surface area contributed by atoms with Crippen molar-refractivity contribution in [3.8, 4) is 0 Å². The van der Waals surface area contributed by atoms with E-state index < -0.39 is 5.97 Å². The SMILES string of the molecule is O=C(O)c1ccc(CN2Cc3ccc(C(=O)NC(Cc4ccccc4)C4=COCO4)cc3C2)cc1. The lowest BCUT2D eigenvalue weighted by Gasteiger charge is -2.19. The predicted molar refractivity (Wildman–Crippen MR) is 129 cm³/mol. The van der Waals surface area contributed by atoms with Crippen LogP contribution in [0.3, 0.4) is 0 Å². The number of benzene rings is 3. The average Bonchev–Trinajstić information content (AvgIpc) is 3.54. The van der Waals surface area contributed by atoms with Crippen LogP contribution in [0, 0.1) is 0 Å². The van der Waals surface area contributed by atoms with Crippen LogP contribution in [-0.4, -0.2) is 34.7 Å². The highest BCUT2D eigenvalue weighted by Crippen LogP contribution is 2.26. The first-order valence-electron chi connectivity index (χ1n) is 11.5. The van der Waals surface area contributed by atoms with E-state index in [0.717, 1.165) is 29.8 Å². The van der Waals surface area contributed by atoms with Crippen molar-refractivity contribution in [1.29, 1.82) is 0 Å². The smallest absolute Gasteiger partial charge is 0.335 e. The molecule has 7 heteroatoms. The number of hydrogen-bond acceptors (Lipinski definition) is 5. The Balaban J connectivity index is 1.25. The molecule has 5 rings (SSSR count). The molecule has 0 aliphatic carbocycles. The van der Waals surface area contributed by atoms with Gasteiger partial charge in [0, 0.05) is 31.6 Å². The standard InChI is InChI=1S/C28H26N2O5/c31-27(29-25(26-17-34-18-35-26)12-19-4-2-1-3-5-19)22-10-11-23-15-30(16-24(23)13-22)14-20-6-8-21(9-7-20)28(32)33/h1-11,13,17,25H,12,14-16,18H2,(H,29,31)(H,32,33). The van der Waals surface area contributed by atoms with Crippen molar-refractivity contribution in [2.75, 3.05) is 6.79 Å². The number of aromatic carboxylic acids is 1. The van der Waals surface area contributed by atoms with E-state index in [1.807, 2.05) is 60.7 Å². The largest absolute Gasteiger partial charge is 0.478 e. The van der Waals surface area contributed by atoms with E-state index in [9.17, 15) is 9.59 Å². The van der Waals surface area contributed by atoms with Gasteiger partial charge in [-0.15, -0.1) is 0 Å². The summed E-state index contributed by atoms with van der Waals surface area (Å²) in [4.78, 5) is 26.5.